The van der Waals surface area contributed by atoms with Crippen LogP contribution in [0, 0.1) is 0 Å². The quantitative estimate of drug-likeness (QED) is 0.686. The molecule has 2 heterocycles. The summed E-state index contributed by atoms with van der Waals surface area (Å²) < 4.78 is 5.25. The summed E-state index contributed by atoms with van der Waals surface area (Å²) in [6.45, 7) is 0. The van der Waals surface area contributed by atoms with E-state index in [0.717, 1.165) is 28.4 Å². The minimum absolute atomic E-state index is 0.0424. The van der Waals surface area contributed by atoms with Gasteiger partial charge in [-0.05, 0) is 35.9 Å². The maximum atomic E-state index is 11.4. The Bertz CT molecular complexity index is 916. The van der Waals surface area contributed by atoms with Crippen LogP contribution in [0.2, 0.25) is 0 Å². The number of methoxy groups -OCH3 is 1. The van der Waals surface area contributed by atoms with Crippen molar-refractivity contribution in [3.05, 3.63) is 82.3 Å². The topological polar surface area (TPSA) is 79.0 Å². The highest BCUT2D eigenvalue weighted by Gasteiger charge is 2.31. The van der Waals surface area contributed by atoms with Crippen LogP contribution in [0.1, 0.15) is 23.3 Å². The molecule has 4 rings (SSSR count). The second kappa shape index (κ2) is 6.32. The van der Waals surface area contributed by atoms with Gasteiger partial charge < -0.3 is 15.4 Å². The summed E-state index contributed by atoms with van der Waals surface area (Å²) in [4.78, 5) is 11.4. The van der Waals surface area contributed by atoms with Crippen molar-refractivity contribution in [3.63, 3.8) is 0 Å². The lowest BCUT2D eigenvalue weighted by atomic mass is 9.93. The molecule has 2 atom stereocenters. The predicted molar refractivity (Wildman–Crippen MR) is 97.0 cm³/mol. The number of aromatic nitrogens is 2. The molecule has 3 N–H and O–H groups in total. The molecule has 2 aromatic carbocycles. The molecule has 0 saturated carbocycles. The van der Waals surface area contributed by atoms with Crippen molar-refractivity contribution in [1.29, 1.82) is 0 Å². The van der Waals surface area contributed by atoms with Crippen molar-refractivity contribution in [2.75, 3.05) is 17.7 Å². The van der Waals surface area contributed by atoms with E-state index in [-0.39, 0.29) is 17.6 Å². The maximum Gasteiger partial charge on any atom is 0.264 e. The minimum Gasteiger partial charge on any atom is -0.497 e. The molecule has 3 aromatic rings. The molecule has 25 heavy (non-hydrogen) atoms. The summed E-state index contributed by atoms with van der Waals surface area (Å²) in [5.41, 5.74) is 3.69. The Morgan fingerprint density at radius 3 is 2.16 bits per heavy atom. The second-order valence-electron chi connectivity index (χ2n) is 5.91. The van der Waals surface area contributed by atoms with Gasteiger partial charge in [0.2, 0.25) is 0 Å². The molecular formula is C19H18N4O2. The predicted octanol–water partition coefficient (Wildman–Crippen LogP) is 3.10. The van der Waals surface area contributed by atoms with Gasteiger partial charge in [0, 0.05) is 6.07 Å². The molecule has 1 aliphatic rings. The van der Waals surface area contributed by atoms with E-state index in [2.05, 4.69) is 20.8 Å². The average molecular weight is 334 g/mol. The van der Waals surface area contributed by atoms with Crippen molar-refractivity contribution in [2.45, 2.75) is 12.1 Å². The van der Waals surface area contributed by atoms with Gasteiger partial charge in [-0.25, -0.2) is 5.10 Å². The van der Waals surface area contributed by atoms with Crippen LogP contribution in [0.4, 0.5) is 11.4 Å². The normalized spacial score (nSPS) is 18.6. The number of aromatic amines is 1. The number of benzene rings is 2. The fourth-order valence-electron chi connectivity index (χ4n) is 3.10. The molecular weight excluding hydrogens is 316 g/mol. The van der Waals surface area contributed by atoms with E-state index in [1.807, 2.05) is 48.5 Å². The third-order valence-corrected chi connectivity index (χ3v) is 4.38. The summed E-state index contributed by atoms with van der Waals surface area (Å²) in [7, 11) is 1.65. The number of hydrogen-bond donors (Lipinski definition) is 3. The van der Waals surface area contributed by atoms with Gasteiger partial charge >= 0.3 is 0 Å². The lowest BCUT2D eigenvalue weighted by Gasteiger charge is -2.36. The van der Waals surface area contributed by atoms with Crippen LogP contribution < -0.4 is 20.9 Å². The molecule has 0 spiro atoms. The van der Waals surface area contributed by atoms with Crippen molar-refractivity contribution >= 4 is 11.4 Å². The van der Waals surface area contributed by atoms with Crippen LogP contribution in [0.15, 0.2) is 65.5 Å². The van der Waals surface area contributed by atoms with Crippen LogP contribution in [0.3, 0.4) is 0 Å². The highest BCUT2D eigenvalue weighted by atomic mass is 16.5. The van der Waals surface area contributed by atoms with Gasteiger partial charge in [-0.1, -0.05) is 24.3 Å². The Kier molecular flexibility index (Phi) is 3.85. The van der Waals surface area contributed by atoms with Gasteiger partial charge in [-0.2, -0.15) is 5.10 Å². The maximum absolute atomic E-state index is 11.4. The molecule has 0 bridgehead atoms. The molecule has 0 amide bonds. The Balaban J connectivity index is 1.76. The van der Waals surface area contributed by atoms with Crippen LogP contribution >= 0.6 is 0 Å². The number of fused-ring (bicyclic) bond motifs is 1. The molecule has 0 radical (unpaired) electrons. The summed E-state index contributed by atoms with van der Waals surface area (Å²) in [5.74, 6) is 0.812. The number of hydrogen-bond acceptors (Lipinski definition) is 5. The first-order valence-corrected chi connectivity index (χ1v) is 8.06. The summed E-state index contributed by atoms with van der Waals surface area (Å²) in [5, 5.41) is 13.8. The number of anilines is 2. The molecule has 6 heteroatoms. The number of ether oxygens (including phenoxy) is 1. The van der Waals surface area contributed by atoms with Gasteiger partial charge in [0.15, 0.2) is 0 Å². The van der Waals surface area contributed by atoms with E-state index in [1.165, 1.54) is 6.07 Å². The average Bonchev–Trinajstić information content (AvgIpc) is 2.68. The van der Waals surface area contributed by atoms with Crippen LogP contribution in [-0.4, -0.2) is 17.3 Å². The lowest BCUT2D eigenvalue weighted by molar-refractivity contribution is 0.414. The van der Waals surface area contributed by atoms with Crippen molar-refractivity contribution in [3.8, 4) is 5.75 Å². The molecule has 0 fully saturated rings. The molecule has 1 aliphatic heterocycles. The van der Waals surface area contributed by atoms with E-state index in [9.17, 15) is 4.79 Å². The fourth-order valence-corrected chi connectivity index (χ4v) is 3.10. The number of H-pyrrole nitrogens is 1. The summed E-state index contributed by atoms with van der Waals surface area (Å²) >= 11 is 0. The Labute approximate surface area is 144 Å². The van der Waals surface area contributed by atoms with Crippen molar-refractivity contribution < 1.29 is 4.74 Å². The number of nitrogens with zero attached hydrogens (tertiary/aromatic N) is 1. The van der Waals surface area contributed by atoms with Crippen molar-refractivity contribution in [1.82, 2.24) is 10.2 Å². The standard InChI is InChI=1S/C19H18N4O2/c1-25-13-8-6-12(7-9-13)18-19(16-10-11-17(24)23-22-16)21-15-5-3-2-4-14(15)20-18/h2-11,18-21H,1H3,(H,23,24). The SMILES string of the molecule is COc1ccc(C2Nc3ccccc3NC2c2ccc(=O)[nH]n2)cc1. The van der Waals surface area contributed by atoms with E-state index in [4.69, 9.17) is 4.74 Å². The van der Waals surface area contributed by atoms with Crippen LogP contribution in [0.5, 0.6) is 5.75 Å². The zero-order valence-corrected chi connectivity index (χ0v) is 13.7. The van der Waals surface area contributed by atoms with Crippen LogP contribution in [-0.2, 0) is 0 Å². The van der Waals surface area contributed by atoms with Gasteiger partial charge in [-0.3, -0.25) is 4.79 Å². The largest absolute Gasteiger partial charge is 0.497 e. The first kappa shape index (κ1) is 15.3. The van der Waals surface area contributed by atoms with E-state index >= 15 is 0 Å². The van der Waals surface area contributed by atoms with Crippen LogP contribution in [0.25, 0.3) is 0 Å². The lowest BCUT2D eigenvalue weighted by Crippen LogP contribution is -2.31. The molecule has 2 unspecified atom stereocenters. The molecule has 0 aliphatic carbocycles. The van der Waals surface area contributed by atoms with Gasteiger partial charge in [0.25, 0.3) is 5.56 Å². The Morgan fingerprint density at radius 1 is 0.880 bits per heavy atom. The van der Waals surface area contributed by atoms with Gasteiger partial charge in [0.05, 0.1) is 36.3 Å². The monoisotopic (exact) mass is 334 g/mol. The molecule has 126 valence electrons. The highest BCUT2D eigenvalue weighted by Crippen LogP contribution is 2.41. The fraction of sp³-hybridized carbons (Fsp3) is 0.158. The Morgan fingerprint density at radius 2 is 1.56 bits per heavy atom. The van der Waals surface area contributed by atoms with E-state index in [0.29, 0.717) is 0 Å². The van der Waals surface area contributed by atoms with Gasteiger partial charge in [0.1, 0.15) is 5.75 Å². The second-order valence-corrected chi connectivity index (χ2v) is 5.91. The first-order valence-electron chi connectivity index (χ1n) is 8.06. The highest BCUT2D eigenvalue weighted by molar-refractivity contribution is 5.72. The first-order chi connectivity index (χ1) is 12.2. The molecule has 6 nitrogen and oxygen atoms in total. The third kappa shape index (κ3) is 2.94. The smallest absolute Gasteiger partial charge is 0.264 e. The number of para-hydroxylation sites is 2. The molecule has 1 aromatic heterocycles. The van der Waals surface area contributed by atoms with E-state index in [1.54, 1.807) is 13.2 Å². The number of nitrogens with one attached hydrogen (secondary N) is 3. The van der Waals surface area contributed by atoms with Crippen molar-refractivity contribution in [2.24, 2.45) is 0 Å². The zero-order chi connectivity index (χ0) is 17.2. The number of rotatable bonds is 3. The molecule has 0 saturated heterocycles. The minimum atomic E-state index is -0.214. The van der Waals surface area contributed by atoms with E-state index < -0.39 is 0 Å². The Hall–Kier alpha value is -3.28. The summed E-state index contributed by atoms with van der Waals surface area (Å²) in [6.07, 6.45) is 0. The zero-order valence-electron chi connectivity index (χ0n) is 13.7. The van der Waals surface area contributed by atoms with Gasteiger partial charge in [-0.15, -0.1) is 0 Å². The third-order valence-electron chi connectivity index (χ3n) is 4.38. The summed E-state index contributed by atoms with van der Waals surface area (Å²) in [6, 6.07) is 19.1.